The molecular formula is C34H47I6N4O10S2-3. The van der Waals surface area contributed by atoms with Gasteiger partial charge in [-0.2, -0.15) is 0 Å². The standard InChI is InChI=1S/C16H18N2O4S.C8H12N2O3S.C8H8O2.2CH4.I3.I2.HI.H2O/c1-16(2)12(15(21)22)18-13(20)11(14(18)23-16)17-10(19)8-9-6-4-3-5-7-9;1-8(2)4(7(12)13)10-5(11)3(9)6(10)14-8;9-8(10)6-7-4-2-1-3-5-7;;;1-3-2;1-2;;/h3-7,11-12,14H,8H2,1-2H3,(H,17,19)(H,21,22);3-4,6H,9H2,1-2H3,(H,12,13);1-5H,6H2,(H,9,10);2*1H4;;;1H;1H2/q;;;;;-1;;;/p-2/t11-,12+,14-;3-,4+,6-;;;;;;;/m11......./s1. The summed E-state index contributed by atoms with van der Waals surface area (Å²) in [4.78, 5) is 70.7. The van der Waals surface area contributed by atoms with E-state index in [1.807, 2.05) is 48.5 Å². The van der Waals surface area contributed by atoms with E-state index in [4.69, 9.17) is 10.8 Å². The van der Waals surface area contributed by atoms with E-state index >= 15 is 0 Å². The quantitative estimate of drug-likeness (QED) is 0.255. The number of aliphatic carboxylic acids is 3. The average Bonchev–Trinajstić information content (AvgIpc) is 3.51. The number of thioether (sulfide) groups is 2. The summed E-state index contributed by atoms with van der Waals surface area (Å²) in [6.07, 6.45) is 0.302. The van der Waals surface area contributed by atoms with Crippen LogP contribution < -0.4 is 34.5 Å². The zero-order valence-corrected chi connectivity index (χ0v) is 43.7. The summed E-state index contributed by atoms with van der Waals surface area (Å²) in [5.41, 5.74) is 7.27. The van der Waals surface area contributed by atoms with Gasteiger partial charge in [0.2, 0.25) is 17.7 Å². The molecular weight excluding hydrogens is 1450 g/mol. The Morgan fingerprint density at radius 1 is 0.786 bits per heavy atom. The van der Waals surface area contributed by atoms with Crippen LogP contribution in [0.3, 0.4) is 0 Å². The molecule has 0 radical (unpaired) electrons. The molecule has 56 heavy (non-hydrogen) atoms. The molecule has 3 amide bonds. The van der Waals surface area contributed by atoms with Crippen molar-refractivity contribution < 1.29 is 62.8 Å². The number of hydrogen-bond acceptors (Lipinski definition) is 11. The minimum Gasteiger partial charge on any atom is -0.481 e. The Labute approximate surface area is 407 Å². The van der Waals surface area contributed by atoms with Crippen LogP contribution in [0.25, 0.3) is 0 Å². The number of carboxylic acid groups (broad SMARTS) is 3. The smallest absolute Gasteiger partial charge is 0.307 e. The fourth-order valence-electron chi connectivity index (χ4n) is 5.93. The van der Waals surface area contributed by atoms with Gasteiger partial charge in [0.15, 0.2) is 0 Å². The molecule has 0 spiro atoms. The van der Waals surface area contributed by atoms with E-state index in [2.05, 4.69) is 79.8 Å². The zero-order valence-electron chi connectivity index (χ0n) is 29.0. The molecule has 14 nitrogen and oxygen atoms in total. The molecule has 4 heterocycles. The van der Waals surface area contributed by atoms with Crippen LogP contribution in [0.1, 0.15) is 53.7 Å². The minimum absolute atomic E-state index is 0. The normalized spacial score (nSPS) is 23.4. The molecule has 4 fully saturated rings. The molecule has 0 bridgehead atoms. The van der Waals surface area contributed by atoms with E-state index in [9.17, 15) is 39.0 Å². The Bertz CT molecular complexity index is 1590. The number of nitrogens with zero attached hydrogens (tertiary/aromatic N) is 2. The van der Waals surface area contributed by atoms with Gasteiger partial charge in [-0.25, -0.2) is 0 Å². The van der Waals surface area contributed by atoms with Gasteiger partial charge >= 0.3 is 56.5 Å². The average molecular weight is 1500 g/mol. The molecule has 0 aliphatic carbocycles. The number of hydrogen-bond donors (Lipinski definition) is 3. The summed E-state index contributed by atoms with van der Waals surface area (Å²) in [6.45, 7) is 7.12. The number of carboxylic acids is 3. The molecule has 0 saturated carbocycles. The van der Waals surface area contributed by atoms with E-state index in [0.717, 1.165) is 11.1 Å². The largest absolute Gasteiger partial charge is 0.481 e. The third kappa shape index (κ3) is 15.9. The Morgan fingerprint density at radius 2 is 1.14 bits per heavy atom. The van der Waals surface area contributed by atoms with E-state index in [0.29, 0.717) is 13.3 Å². The molecule has 4 aliphatic rings. The molecule has 2 aromatic carbocycles. The van der Waals surface area contributed by atoms with Crippen LogP contribution in [0.4, 0.5) is 0 Å². The second-order valence-electron chi connectivity index (χ2n) is 12.5. The summed E-state index contributed by atoms with van der Waals surface area (Å²) < 4.78 is -1.16. The fourth-order valence-corrected chi connectivity index (χ4v) is 9.11. The summed E-state index contributed by atoms with van der Waals surface area (Å²) in [5, 5.41) is 32.8. The number of halogens is 6. The van der Waals surface area contributed by atoms with Gasteiger partial charge < -0.3 is 51.2 Å². The Balaban J connectivity index is -0.000000736. The molecule has 4 saturated heterocycles. The van der Waals surface area contributed by atoms with E-state index in [1.165, 1.54) is 33.3 Å². The van der Waals surface area contributed by atoms with Crippen molar-refractivity contribution in [2.24, 2.45) is 5.73 Å². The van der Waals surface area contributed by atoms with Gasteiger partial charge in [-0.15, -0.1) is 47.5 Å². The summed E-state index contributed by atoms with van der Waals surface area (Å²) in [7, 11) is 0. The van der Waals surface area contributed by atoms with Gasteiger partial charge in [-0.05, 0) is 38.8 Å². The summed E-state index contributed by atoms with van der Waals surface area (Å²) in [5.74, 6) is -4.14. The predicted molar refractivity (Wildman–Crippen MR) is 259 cm³/mol. The first-order valence-corrected chi connectivity index (χ1v) is 35.8. The first-order chi connectivity index (χ1) is 24.4. The SMILES string of the molecule is C.C.CC1(C)S[C@@H]2[C@H](N)C(=O)N2[C@H]1C(=O)[O-].CC1(C)S[C@@H]2[C@H](NC(=O)Cc3ccccc3)C(=O)N2[C@H]1C(=O)[O-].I.II.I[I-]I.O.O=C(O)Cc1ccccc1. The number of nitrogens with two attached hydrogens (primary N) is 1. The van der Waals surface area contributed by atoms with Crippen LogP contribution in [0, 0.1) is 0 Å². The van der Waals surface area contributed by atoms with Crippen molar-refractivity contribution in [2.75, 3.05) is 0 Å². The van der Waals surface area contributed by atoms with Crippen LogP contribution in [0.15, 0.2) is 60.7 Å². The zero-order chi connectivity index (χ0) is 39.6. The van der Waals surface area contributed by atoms with Crippen molar-refractivity contribution in [3.05, 3.63) is 71.8 Å². The second kappa shape index (κ2) is 28.0. The topological polar surface area (TPSA) is 245 Å². The third-order valence-corrected chi connectivity index (χ3v) is 11.3. The number of nitrogens with one attached hydrogen (secondary N) is 1. The van der Waals surface area contributed by atoms with Crippen molar-refractivity contribution in [1.29, 1.82) is 0 Å². The van der Waals surface area contributed by atoms with E-state index < -0.39 is 51.6 Å². The molecule has 22 heteroatoms. The number of β-lactam (4-membered cyclic amide) rings is 2. The predicted octanol–water partition coefficient (Wildman–Crippen LogP) is 0.578. The number of carbonyl (C=O) groups excluding carboxylic acids is 5. The first kappa shape index (κ1) is 60.6. The maximum absolute atomic E-state index is 12.2. The van der Waals surface area contributed by atoms with Gasteiger partial charge in [0.05, 0.1) is 36.9 Å². The molecule has 320 valence electrons. The van der Waals surface area contributed by atoms with E-state index in [-0.39, 0.29) is 85.6 Å². The fraction of sp³-hybridized carbons (Fsp3) is 0.471. The molecule has 0 unspecified atom stereocenters. The van der Waals surface area contributed by atoms with Gasteiger partial charge in [0.1, 0.15) is 22.8 Å². The second-order valence-corrected chi connectivity index (χ2v) is 32.3. The summed E-state index contributed by atoms with van der Waals surface area (Å²) >= 11 is 12.3. The van der Waals surface area contributed by atoms with Gasteiger partial charge in [0.25, 0.3) is 0 Å². The van der Waals surface area contributed by atoms with Gasteiger partial charge in [-0.1, -0.05) is 75.5 Å². The Hall–Kier alpha value is 0.260. The molecule has 2 aromatic rings. The number of rotatable bonds is 7. The van der Waals surface area contributed by atoms with Gasteiger partial charge in [0, 0.05) is 46.7 Å². The molecule has 4 aliphatic heterocycles. The van der Waals surface area contributed by atoms with Crippen molar-refractivity contribution in [3.8, 4) is 0 Å². The molecule has 6 atom stereocenters. The van der Waals surface area contributed by atoms with Crippen LogP contribution in [-0.2, 0) is 41.6 Å². The monoisotopic (exact) mass is 1500 g/mol. The Kier molecular flexibility index (Phi) is 30.3. The van der Waals surface area contributed by atoms with Crippen molar-refractivity contribution >= 4 is 158 Å². The van der Waals surface area contributed by atoms with Crippen LogP contribution in [0.5, 0.6) is 0 Å². The van der Waals surface area contributed by atoms with Crippen molar-refractivity contribution in [3.63, 3.8) is 0 Å². The van der Waals surface area contributed by atoms with Crippen LogP contribution in [0.2, 0.25) is 0 Å². The minimum atomic E-state index is -1.26. The third-order valence-electron chi connectivity index (χ3n) is 8.09. The molecule has 6 N–H and O–H groups in total. The number of carbonyl (C=O) groups is 6. The van der Waals surface area contributed by atoms with Gasteiger partial charge in [-0.3, -0.25) is 19.2 Å². The number of fused-ring (bicyclic) bond motifs is 2. The summed E-state index contributed by atoms with van der Waals surface area (Å²) in [6, 6.07) is 15.3. The van der Waals surface area contributed by atoms with E-state index in [1.54, 1.807) is 39.8 Å². The van der Waals surface area contributed by atoms with Crippen LogP contribution in [-0.4, -0.2) is 100 Å². The van der Waals surface area contributed by atoms with Crippen molar-refractivity contribution in [1.82, 2.24) is 15.1 Å². The first-order valence-electron chi connectivity index (χ1n) is 15.2. The molecule has 6 rings (SSSR count). The van der Waals surface area contributed by atoms with Crippen LogP contribution >= 0.6 is 122 Å². The van der Waals surface area contributed by atoms with Crippen molar-refractivity contribution in [2.45, 2.75) is 99.8 Å². The maximum atomic E-state index is 12.2. The Morgan fingerprint density at radius 3 is 1.52 bits per heavy atom. The maximum Gasteiger partial charge on any atom is 0.307 e. The molecule has 0 aromatic heterocycles. The number of benzene rings is 2. The number of amides is 3.